The smallest absolute Gasteiger partial charge is 0.411 e. The average molecular weight is 387 g/mol. The fourth-order valence-electron chi connectivity index (χ4n) is 3.75. The molecule has 0 spiro atoms. The van der Waals surface area contributed by atoms with Crippen LogP contribution >= 0.6 is 0 Å². The van der Waals surface area contributed by atoms with Gasteiger partial charge in [-0.3, -0.25) is 10.1 Å². The summed E-state index contributed by atoms with van der Waals surface area (Å²) in [7, 11) is 0. The zero-order valence-electron chi connectivity index (χ0n) is 16.0. The van der Waals surface area contributed by atoms with Gasteiger partial charge in [0.05, 0.1) is 5.92 Å². The maximum atomic E-state index is 12.3. The number of nitrogens with one attached hydrogen (secondary N) is 1. The minimum atomic E-state index is -0.887. The molecule has 1 unspecified atom stereocenters. The summed E-state index contributed by atoms with van der Waals surface area (Å²) in [5.41, 5.74) is 5.92. The fourth-order valence-corrected chi connectivity index (χ4v) is 3.75. The number of carbonyl (C=O) groups is 2. The van der Waals surface area contributed by atoms with Crippen molar-refractivity contribution in [3.63, 3.8) is 0 Å². The summed E-state index contributed by atoms with van der Waals surface area (Å²) >= 11 is 0. The van der Waals surface area contributed by atoms with Gasteiger partial charge in [0.15, 0.2) is 0 Å². The van der Waals surface area contributed by atoms with Crippen molar-refractivity contribution in [1.29, 1.82) is 0 Å². The van der Waals surface area contributed by atoms with Gasteiger partial charge in [-0.15, -0.1) is 0 Å². The number of aliphatic carboxylic acids is 1. The highest BCUT2D eigenvalue weighted by molar-refractivity contribution is 5.85. The Morgan fingerprint density at radius 1 is 0.931 bits per heavy atom. The van der Waals surface area contributed by atoms with Crippen LogP contribution in [0.5, 0.6) is 0 Å². The molecule has 1 aliphatic carbocycles. The molecule has 0 radical (unpaired) electrons. The standard InChI is InChI=1S/C24H21NO4/c1-15(23(26)27)16-10-12-17(13-11-16)25-24(28)29-14-22-20-8-4-2-6-18(20)19-7-3-5-9-21(19)22/h2-13,15,22H,14H2,1H3,(H,25,28)(H,26,27). The summed E-state index contributed by atoms with van der Waals surface area (Å²) in [6, 6.07) is 23.1. The van der Waals surface area contributed by atoms with Crippen LogP contribution in [0.2, 0.25) is 0 Å². The number of carboxylic acids is 1. The molecule has 1 aliphatic rings. The molecule has 0 aliphatic heterocycles. The largest absolute Gasteiger partial charge is 0.481 e. The Morgan fingerprint density at radius 2 is 1.48 bits per heavy atom. The fraction of sp³-hybridized carbons (Fsp3) is 0.167. The number of carbonyl (C=O) groups excluding carboxylic acids is 1. The molecular formula is C24H21NO4. The predicted molar refractivity (Wildman–Crippen MR) is 111 cm³/mol. The first kappa shape index (κ1) is 18.7. The lowest BCUT2D eigenvalue weighted by Crippen LogP contribution is -2.18. The molecule has 29 heavy (non-hydrogen) atoms. The lowest BCUT2D eigenvalue weighted by atomic mass is 9.98. The van der Waals surface area contributed by atoms with Gasteiger partial charge in [0.1, 0.15) is 6.61 Å². The second-order valence-electron chi connectivity index (χ2n) is 7.13. The van der Waals surface area contributed by atoms with Gasteiger partial charge >= 0.3 is 12.1 Å². The van der Waals surface area contributed by atoms with Gasteiger partial charge in [0.25, 0.3) is 0 Å². The number of hydrogen-bond donors (Lipinski definition) is 2. The number of anilines is 1. The molecule has 0 saturated heterocycles. The predicted octanol–water partition coefficient (Wildman–Crippen LogP) is 5.24. The molecule has 1 amide bonds. The van der Waals surface area contributed by atoms with Gasteiger partial charge in [-0.05, 0) is 46.9 Å². The van der Waals surface area contributed by atoms with Crippen molar-refractivity contribution in [3.05, 3.63) is 89.5 Å². The van der Waals surface area contributed by atoms with Crippen molar-refractivity contribution in [1.82, 2.24) is 0 Å². The van der Waals surface area contributed by atoms with E-state index in [1.54, 1.807) is 31.2 Å². The minimum absolute atomic E-state index is 0.00643. The lowest BCUT2D eigenvalue weighted by Gasteiger charge is -2.15. The van der Waals surface area contributed by atoms with Crippen molar-refractivity contribution in [2.24, 2.45) is 0 Å². The van der Waals surface area contributed by atoms with Gasteiger partial charge in [-0.1, -0.05) is 60.7 Å². The van der Waals surface area contributed by atoms with Gasteiger partial charge in [-0.25, -0.2) is 4.79 Å². The first-order valence-corrected chi connectivity index (χ1v) is 9.49. The number of hydrogen-bond acceptors (Lipinski definition) is 3. The molecule has 5 nitrogen and oxygen atoms in total. The highest BCUT2D eigenvalue weighted by atomic mass is 16.5. The van der Waals surface area contributed by atoms with E-state index in [1.807, 2.05) is 24.3 Å². The zero-order chi connectivity index (χ0) is 20.4. The van der Waals surface area contributed by atoms with Gasteiger partial charge in [0, 0.05) is 11.6 Å². The molecule has 3 aromatic carbocycles. The number of carboxylic acid groups (broad SMARTS) is 1. The number of amides is 1. The first-order chi connectivity index (χ1) is 14.0. The van der Waals surface area contributed by atoms with E-state index in [0.29, 0.717) is 11.3 Å². The second-order valence-corrected chi connectivity index (χ2v) is 7.13. The molecule has 5 heteroatoms. The van der Waals surface area contributed by atoms with Crippen molar-refractivity contribution in [3.8, 4) is 11.1 Å². The molecule has 146 valence electrons. The Balaban J connectivity index is 1.42. The summed E-state index contributed by atoms with van der Waals surface area (Å²) in [4.78, 5) is 23.4. The molecule has 3 aromatic rings. The van der Waals surface area contributed by atoms with Crippen LogP contribution in [0.1, 0.15) is 35.4 Å². The van der Waals surface area contributed by atoms with E-state index >= 15 is 0 Å². The van der Waals surface area contributed by atoms with E-state index in [9.17, 15) is 9.59 Å². The molecular weight excluding hydrogens is 366 g/mol. The number of fused-ring (bicyclic) bond motifs is 3. The molecule has 1 atom stereocenters. The summed E-state index contributed by atoms with van der Waals surface area (Å²) in [5, 5.41) is 11.8. The zero-order valence-corrected chi connectivity index (χ0v) is 16.0. The Kier molecular flexibility index (Phi) is 5.04. The topological polar surface area (TPSA) is 75.6 Å². The molecule has 4 rings (SSSR count). The molecule has 2 N–H and O–H groups in total. The Labute approximate surface area is 169 Å². The van der Waals surface area contributed by atoms with Gasteiger partial charge in [-0.2, -0.15) is 0 Å². The van der Waals surface area contributed by atoms with Crippen LogP contribution < -0.4 is 5.32 Å². The van der Waals surface area contributed by atoms with E-state index < -0.39 is 18.0 Å². The number of ether oxygens (including phenoxy) is 1. The van der Waals surface area contributed by atoms with Crippen molar-refractivity contribution < 1.29 is 19.4 Å². The maximum absolute atomic E-state index is 12.3. The average Bonchev–Trinajstić information content (AvgIpc) is 3.06. The van der Waals surface area contributed by atoms with Crippen LogP contribution in [-0.2, 0) is 9.53 Å². The van der Waals surface area contributed by atoms with Gasteiger partial charge < -0.3 is 9.84 Å². The maximum Gasteiger partial charge on any atom is 0.411 e. The number of rotatable bonds is 5. The van der Waals surface area contributed by atoms with E-state index in [2.05, 4.69) is 29.6 Å². The Hall–Kier alpha value is -3.60. The van der Waals surface area contributed by atoms with Crippen molar-refractivity contribution >= 4 is 17.7 Å². The molecule has 0 bridgehead atoms. The molecule has 0 fully saturated rings. The van der Waals surface area contributed by atoms with Crippen molar-refractivity contribution in [2.45, 2.75) is 18.8 Å². The first-order valence-electron chi connectivity index (χ1n) is 9.49. The van der Waals surface area contributed by atoms with E-state index in [-0.39, 0.29) is 12.5 Å². The molecule has 0 saturated carbocycles. The van der Waals surface area contributed by atoms with E-state index in [1.165, 1.54) is 11.1 Å². The van der Waals surface area contributed by atoms with Crippen LogP contribution in [0.4, 0.5) is 10.5 Å². The molecule has 0 aromatic heterocycles. The Bertz CT molecular complexity index is 1010. The minimum Gasteiger partial charge on any atom is -0.481 e. The monoisotopic (exact) mass is 387 g/mol. The SMILES string of the molecule is CC(C(=O)O)c1ccc(NC(=O)OCC2c3ccccc3-c3ccccc32)cc1. The van der Waals surface area contributed by atoms with Crippen molar-refractivity contribution in [2.75, 3.05) is 11.9 Å². The van der Waals surface area contributed by atoms with Crippen LogP contribution in [0, 0.1) is 0 Å². The summed E-state index contributed by atoms with van der Waals surface area (Å²) in [5.74, 6) is -1.48. The normalized spacial score (nSPS) is 13.3. The molecule has 0 heterocycles. The Morgan fingerprint density at radius 3 is 2.03 bits per heavy atom. The van der Waals surface area contributed by atoms with Crippen LogP contribution in [0.3, 0.4) is 0 Å². The lowest BCUT2D eigenvalue weighted by molar-refractivity contribution is -0.138. The van der Waals surface area contributed by atoms with Crippen LogP contribution in [0.25, 0.3) is 11.1 Å². The summed E-state index contributed by atoms with van der Waals surface area (Å²) < 4.78 is 5.52. The highest BCUT2D eigenvalue weighted by Crippen LogP contribution is 2.44. The van der Waals surface area contributed by atoms with Gasteiger partial charge in [0.2, 0.25) is 0 Å². The second kappa shape index (κ2) is 7.80. The third kappa shape index (κ3) is 3.72. The summed E-state index contributed by atoms with van der Waals surface area (Å²) in [6.45, 7) is 1.87. The number of benzene rings is 3. The van der Waals surface area contributed by atoms with Crippen LogP contribution in [0.15, 0.2) is 72.8 Å². The third-order valence-corrected chi connectivity index (χ3v) is 5.37. The van der Waals surface area contributed by atoms with E-state index in [0.717, 1.165) is 11.1 Å². The highest BCUT2D eigenvalue weighted by Gasteiger charge is 2.29. The summed E-state index contributed by atoms with van der Waals surface area (Å²) in [6.07, 6.45) is -0.536. The third-order valence-electron chi connectivity index (χ3n) is 5.37. The quantitative estimate of drug-likeness (QED) is 0.628. The van der Waals surface area contributed by atoms with E-state index in [4.69, 9.17) is 9.84 Å². The van der Waals surface area contributed by atoms with Crippen LogP contribution in [-0.4, -0.2) is 23.8 Å².